The van der Waals surface area contributed by atoms with Crippen LogP contribution in [0.2, 0.25) is 0 Å². The number of aliphatic hydroxyl groups excluding tert-OH is 1. The van der Waals surface area contributed by atoms with Crippen molar-refractivity contribution in [2.75, 3.05) is 19.7 Å². The van der Waals surface area contributed by atoms with Gasteiger partial charge in [-0.2, -0.15) is 0 Å². The average molecular weight is 249 g/mol. The van der Waals surface area contributed by atoms with E-state index in [-0.39, 0.29) is 0 Å². The zero-order chi connectivity index (χ0) is 13.0. The molecule has 3 heteroatoms. The first-order valence-electron chi connectivity index (χ1n) is 6.74. The van der Waals surface area contributed by atoms with Gasteiger partial charge in [-0.05, 0) is 37.8 Å². The summed E-state index contributed by atoms with van der Waals surface area (Å²) in [6.45, 7) is 6.42. The molecule has 1 fully saturated rings. The second-order valence-electron chi connectivity index (χ2n) is 5.17. The van der Waals surface area contributed by atoms with Crippen LogP contribution in [0.5, 0.6) is 0 Å². The highest BCUT2D eigenvalue weighted by Crippen LogP contribution is 2.18. The summed E-state index contributed by atoms with van der Waals surface area (Å²) in [5.41, 5.74) is 3.40. The molecule has 1 aromatic rings. The standard InChI is InChI=1S/C15H23NO2/c1-11-5-6-14(12(2)8-11)15(17)10-16-9-13-4-3-7-18-13/h5-6,8,13,15-17H,3-4,7,9-10H2,1-2H3. The third kappa shape index (κ3) is 3.55. The van der Waals surface area contributed by atoms with Crippen LogP contribution in [-0.2, 0) is 4.74 Å². The van der Waals surface area contributed by atoms with Crippen molar-refractivity contribution >= 4 is 0 Å². The minimum Gasteiger partial charge on any atom is -0.387 e. The highest BCUT2D eigenvalue weighted by Gasteiger charge is 2.16. The van der Waals surface area contributed by atoms with Gasteiger partial charge in [0.2, 0.25) is 0 Å². The maximum absolute atomic E-state index is 10.2. The van der Waals surface area contributed by atoms with Gasteiger partial charge >= 0.3 is 0 Å². The van der Waals surface area contributed by atoms with Crippen molar-refractivity contribution in [3.05, 3.63) is 34.9 Å². The van der Waals surface area contributed by atoms with Crippen molar-refractivity contribution in [3.63, 3.8) is 0 Å². The molecule has 1 saturated heterocycles. The molecule has 1 aliphatic rings. The number of hydrogen-bond acceptors (Lipinski definition) is 3. The minimum absolute atomic E-state index is 0.330. The summed E-state index contributed by atoms with van der Waals surface area (Å²) in [6, 6.07) is 6.17. The van der Waals surface area contributed by atoms with Gasteiger partial charge in [-0.1, -0.05) is 23.8 Å². The lowest BCUT2D eigenvalue weighted by Crippen LogP contribution is -2.30. The van der Waals surface area contributed by atoms with Crippen LogP contribution < -0.4 is 5.32 Å². The molecule has 3 nitrogen and oxygen atoms in total. The summed E-state index contributed by atoms with van der Waals surface area (Å²) in [4.78, 5) is 0. The molecule has 1 heterocycles. The van der Waals surface area contributed by atoms with E-state index in [1.54, 1.807) is 0 Å². The van der Waals surface area contributed by atoms with Crippen LogP contribution in [0.4, 0.5) is 0 Å². The first-order valence-corrected chi connectivity index (χ1v) is 6.74. The number of benzene rings is 1. The molecule has 0 saturated carbocycles. The lowest BCUT2D eigenvalue weighted by molar-refractivity contribution is 0.103. The molecule has 0 aliphatic carbocycles. The molecule has 1 aromatic carbocycles. The van der Waals surface area contributed by atoms with Crippen LogP contribution in [0.1, 0.15) is 35.6 Å². The number of ether oxygens (including phenoxy) is 1. The van der Waals surface area contributed by atoms with Crippen molar-refractivity contribution < 1.29 is 9.84 Å². The Labute approximate surface area is 109 Å². The van der Waals surface area contributed by atoms with Crippen molar-refractivity contribution in [2.24, 2.45) is 0 Å². The van der Waals surface area contributed by atoms with Crippen molar-refractivity contribution in [3.8, 4) is 0 Å². The highest BCUT2D eigenvalue weighted by atomic mass is 16.5. The molecular formula is C15H23NO2. The number of nitrogens with one attached hydrogen (secondary N) is 1. The molecule has 100 valence electrons. The molecule has 1 aliphatic heterocycles. The van der Waals surface area contributed by atoms with Crippen LogP contribution in [0, 0.1) is 13.8 Å². The van der Waals surface area contributed by atoms with E-state index in [1.165, 1.54) is 5.56 Å². The summed E-state index contributed by atoms with van der Waals surface area (Å²) in [5.74, 6) is 0. The molecule has 0 radical (unpaired) electrons. The number of hydrogen-bond donors (Lipinski definition) is 2. The Morgan fingerprint density at radius 1 is 1.44 bits per heavy atom. The topological polar surface area (TPSA) is 41.5 Å². The third-order valence-electron chi connectivity index (χ3n) is 3.52. The van der Waals surface area contributed by atoms with Gasteiger partial charge in [0.05, 0.1) is 12.2 Å². The SMILES string of the molecule is Cc1ccc(C(O)CNCC2CCCO2)c(C)c1. The molecule has 0 bridgehead atoms. The molecule has 2 rings (SSSR count). The fraction of sp³-hybridized carbons (Fsp3) is 0.600. The zero-order valence-electron chi connectivity index (χ0n) is 11.3. The van der Waals surface area contributed by atoms with E-state index >= 15 is 0 Å². The first kappa shape index (κ1) is 13.5. The largest absolute Gasteiger partial charge is 0.387 e. The van der Waals surface area contributed by atoms with Gasteiger partial charge in [0.15, 0.2) is 0 Å². The van der Waals surface area contributed by atoms with E-state index in [4.69, 9.17) is 4.74 Å². The van der Waals surface area contributed by atoms with Gasteiger partial charge in [0.25, 0.3) is 0 Å². The maximum Gasteiger partial charge on any atom is 0.0916 e. The van der Waals surface area contributed by atoms with Crippen LogP contribution in [0.3, 0.4) is 0 Å². The van der Waals surface area contributed by atoms with Gasteiger partial charge in [-0.25, -0.2) is 0 Å². The molecule has 0 amide bonds. The van der Waals surface area contributed by atoms with Gasteiger partial charge in [0.1, 0.15) is 0 Å². The quantitative estimate of drug-likeness (QED) is 0.839. The minimum atomic E-state index is -0.438. The van der Waals surface area contributed by atoms with Crippen molar-refractivity contribution in [1.29, 1.82) is 0 Å². The lowest BCUT2D eigenvalue weighted by atomic mass is 10.0. The van der Waals surface area contributed by atoms with Gasteiger partial charge in [-0.3, -0.25) is 0 Å². The average Bonchev–Trinajstić information content (AvgIpc) is 2.81. The Balaban J connectivity index is 1.81. The number of aryl methyl sites for hydroxylation is 2. The first-order chi connectivity index (χ1) is 8.66. The molecule has 2 unspecified atom stereocenters. The van der Waals surface area contributed by atoms with E-state index in [9.17, 15) is 5.11 Å². The zero-order valence-corrected chi connectivity index (χ0v) is 11.3. The predicted molar refractivity (Wildman–Crippen MR) is 72.7 cm³/mol. The molecule has 0 aromatic heterocycles. The van der Waals surface area contributed by atoms with E-state index in [1.807, 2.05) is 19.1 Å². The Bertz CT molecular complexity index is 386. The fourth-order valence-corrected chi connectivity index (χ4v) is 2.50. The summed E-state index contributed by atoms with van der Waals surface area (Å²) >= 11 is 0. The second-order valence-corrected chi connectivity index (χ2v) is 5.17. The Kier molecular flexibility index (Phi) is 4.75. The molecule has 2 N–H and O–H groups in total. The summed E-state index contributed by atoms with van der Waals surface area (Å²) in [7, 11) is 0. The van der Waals surface area contributed by atoms with E-state index in [2.05, 4.69) is 18.3 Å². The lowest BCUT2D eigenvalue weighted by Gasteiger charge is -2.16. The predicted octanol–water partition coefficient (Wildman–Crippen LogP) is 2.11. The second kappa shape index (κ2) is 6.32. The molecule has 2 atom stereocenters. The van der Waals surface area contributed by atoms with Gasteiger partial charge < -0.3 is 15.2 Å². The van der Waals surface area contributed by atoms with Crippen molar-refractivity contribution in [1.82, 2.24) is 5.32 Å². The number of rotatable bonds is 5. The van der Waals surface area contributed by atoms with Crippen LogP contribution in [-0.4, -0.2) is 30.9 Å². The van der Waals surface area contributed by atoms with Crippen molar-refractivity contribution in [2.45, 2.75) is 38.9 Å². The van der Waals surface area contributed by atoms with Gasteiger partial charge in [-0.15, -0.1) is 0 Å². The third-order valence-corrected chi connectivity index (χ3v) is 3.52. The highest BCUT2D eigenvalue weighted by molar-refractivity contribution is 5.32. The van der Waals surface area contributed by atoms with E-state index in [0.29, 0.717) is 12.6 Å². The maximum atomic E-state index is 10.2. The van der Waals surface area contributed by atoms with Gasteiger partial charge in [0, 0.05) is 19.7 Å². The molecule has 0 spiro atoms. The van der Waals surface area contributed by atoms with E-state index in [0.717, 1.165) is 37.1 Å². The molecular weight excluding hydrogens is 226 g/mol. The smallest absolute Gasteiger partial charge is 0.0916 e. The fourth-order valence-electron chi connectivity index (χ4n) is 2.50. The Morgan fingerprint density at radius 2 is 2.28 bits per heavy atom. The monoisotopic (exact) mass is 249 g/mol. The Hall–Kier alpha value is -0.900. The Morgan fingerprint density at radius 3 is 2.94 bits per heavy atom. The van der Waals surface area contributed by atoms with Crippen LogP contribution >= 0.6 is 0 Å². The number of aliphatic hydroxyl groups is 1. The normalized spacial score (nSPS) is 21.2. The molecule has 18 heavy (non-hydrogen) atoms. The van der Waals surface area contributed by atoms with Crippen LogP contribution in [0.15, 0.2) is 18.2 Å². The summed E-state index contributed by atoms with van der Waals surface area (Å²) < 4.78 is 5.54. The summed E-state index contributed by atoms with van der Waals surface area (Å²) in [6.07, 6.45) is 2.18. The van der Waals surface area contributed by atoms with E-state index < -0.39 is 6.10 Å². The van der Waals surface area contributed by atoms with Crippen LogP contribution in [0.25, 0.3) is 0 Å². The summed E-state index contributed by atoms with van der Waals surface area (Å²) in [5, 5.41) is 13.5.